The molecule has 4 aromatic rings. The molecule has 0 atom stereocenters. The number of hydrogen-bond acceptors (Lipinski definition) is 4. The van der Waals surface area contributed by atoms with Gasteiger partial charge in [0, 0.05) is 29.8 Å². The first-order chi connectivity index (χ1) is 13.1. The predicted octanol–water partition coefficient (Wildman–Crippen LogP) is 3.57. The zero-order chi connectivity index (χ0) is 19.0. The molecule has 0 aliphatic rings. The Morgan fingerprint density at radius 2 is 2.04 bits per heavy atom. The van der Waals surface area contributed by atoms with E-state index in [4.69, 9.17) is 9.26 Å². The minimum absolute atomic E-state index is 0.0130. The molecule has 0 radical (unpaired) electrons. The third kappa shape index (κ3) is 2.99. The quantitative estimate of drug-likeness (QED) is 0.562. The first-order valence-corrected chi connectivity index (χ1v) is 8.24. The number of nitrogens with zero attached hydrogens (tertiary/aromatic N) is 1. The van der Waals surface area contributed by atoms with Gasteiger partial charge in [-0.05, 0) is 18.2 Å². The van der Waals surface area contributed by atoms with E-state index in [1.807, 2.05) is 24.3 Å². The Balaban J connectivity index is 1.49. The van der Waals surface area contributed by atoms with Crippen LogP contribution in [0, 0.1) is 11.6 Å². The summed E-state index contributed by atoms with van der Waals surface area (Å²) in [6, 6.07) is 10.0. The molecule has 1 amide bonds. The van der Waals surface area contributed by atoms with Crippen molar-refractivity contribution >= 4 is 27.8 Å². The largest absolute Gasteiger partial charge is 0.493 e. The van der Waals surface area contributed by atoms with Gasteiger partial charge in [-0.25, -0.2) is 4.39 Å². The molecule has 2 heterocycles. The van der Waals surface area contributed by atoms with Crippen LogP contribution in [-0.4, -0.2) is 29.7 Å². The number of amides is 1. The molecule has 0 saturated carbocycles. The molecule has 2 aromatic carbocycles. The van der Waals surface area contributed by atoms with Crippen molar-refractivity contribution in [3.63, 3.8) is 0 Å². The van der Waals surface area contributed by atoms with Gasteiger partial charge in [0.05, 0.1) is 18.3 Å². The Labute approximate surface area is 152 Å². The number of hydrogen-bond donors (Lipinski definition) is 2. The van der Waals surface area contributed by atoms with Crippen molar-refractivity contribution in [3.05, 3.63) is 59.4 Å². The fourth-order valence-electron chi connectivity index (χ4n) is 2.97. The molecule has 138 valence electrons. The highest BCUT2D eigenvalue weighted by molar-refractivity contribution is 5.98. The van der Waals surface area contributed by atoms with E-state index in [0.29, 0.717) is 18.5 Å². The van der Waals surface area contributed by atoms with Crippen LogP contribution < -0.4 is 10.1 Å². The summed E-state index contributed by atoms with van der Waals surface area (Å²) in [5.74, 6) is -2.81. The number of ether oxygens (including phenoxy) is 1. The van der Waals surface area contributed by atoms with Crippen LogP contribution in [0.3, 0.4) is 0 Å². The number of benzene rings is 2. The second kappa shape index (κ2) is 6.71. The highest BCUT2D eigenvalue weighted by Gasteiger charge is 2.18. The molecule has 2 aromatic heterocycles. The van der Waals surface area contributed by atoms with E-state index >= 15 is 0 Å². The highest BCUT2D eigenvalue weighted by Crippen LogP contribution is 2.28. The first-order valence-electron chi connectivity index (χ1n) is 8.24. The molecule has 0 spiro atoms. The topological polar surface area (TPSA) is 80.2 Å². The summed E-state index contributed by atoms with van der Waals surface area (Å²) < 4.78 is 37.9. The number of halogens is 2. The number of carbonyl (C=O) groups is 1. The van der Waals surface area contributed by atoms with E-state index in [1.54, 1.807) is 0 Å². The van der Waals surface area contributed by atoms with E-state index in [9.17, 15) is 13.6 Å². The molecule has 0 aliphatic carbocycles. The van der Waals surface area contributed by atoms with Crippen LogP contribution in [0.1, 0.15) is 16.2 Å². The van der Waals surface area contributed by atoms with Crippen LogP contribution in [0.2, 0.25) is 0 Å². The van der Waals surface area contributed by atoms with Crippen molar-refractivity contribution in [2.75, 3.05) is 13.7 Å². The minimum atomic E-state index is -1.09. The van der Waals surface area contributed by atoms with Crippen LogP contribution >= 0.6 is 0 Å². The average Bonchev–Trinajstić information content (AvgIpc) is 3.29. The van der Waals surface area contributed by atoms with Crippen molar-refractivity contribution in [1.29, 1.82) is 0 Å². The Bertz CT molecular complexity index is 1150. The number of H-pyrrole nitrogens is 1. The Morgan fingerprint density at radius 3 is 2.85 bits per heavy atom. The number of fused-ring (bicyclic) bond motifs is 2. The lowest BCUT2D eigenvalue weighted by atomic mass is 10.2. The molecule has 2 N–H and O–H groups in total. The number of aromatic amines is 1. The normalized spacial score (nSPS) is 11.2. The molecule has 8 heteroatoms. The Kier molecular flexibility index (Phi) is 4.23. The Morgan fingerprint density at radius 1 is 1.22 bits per heavy atom. The van der Waals surface area contributed by atoms with E-state index in [2.05, 4.69) is 15.5 Å². The summed E-state index contributed by atoms with van der Waals surface area (Å²) >= 11 is 0. The average molecular weight is 371 g/mol. The van der Waals surface area contributed by atoms with Gasteiger partial charge < -0.3 is 19.6 Å². The van der Waals surface area contributed by atoms with E-state index in [1.165, 1.54) is 19.2 Å². The minimum Gasteiger partial charge on any atom is -0.493 e. The summed E-state index contributed by atoms with van der Waals surface area (Å²) in [6.07, 6.45) is 0.472. The number of rotatable bonds is 5. The molecular weight excluding hydrogens is 356 g/mol. The highest BCUT2D eigenvalue weighted by atomic mass is 19.2. The van der Waals surface area contributed by atoms with Crippen LogP contribution in [0.4, 0.5) is 8.78 Å². The molecule has 0 saturated heterocycles. The molecule has 6 nitrogen and oxygen atoms in total. The molecular formula is C19H15F2N3O3. The van der Waals surface area contributed by atoms with Crippen molar-refractivity contribution in [2.45, 2.75) is 6.42 Å². The van der Waals surface area contributed by atoms with E-state index < -0.39 is 17.5 Å². The van der Waals surface area contributed by atoms with Gasteiger partial charge in [0.2, 0.25) is 5.82 Å². The molecule has 4 rings (SSSR count). The fraction of sp³-hybridized carbons (Fsp3) is 0.158. The number of aromatic nitrogens is 2. The maximum Gasteiger partial charge on any atom is 0.267 e. The second-order valence-electron chi connectivity index (χ2n) is 5.98. The number of carbonyl (C=O) groups excluding carboxylic acids is 1. The molecule has 27 heavy (non-hydrogen) atoms. The van der Waals surface area contributed by atoms with Crippen LogP contribution in [0.5, 0.6) is 5.75 Å². The maximum absolute atomic E-state index is 14.1. The fourth-order valence-corrected chi connectivity index (χ4v) is 2.97. The molecule has 0 unspecified atom stereocenters. The lowest BCUT2D eigenvalue weighted by Gasteiger charge is -2.02. The van der Waals surface area contributed by atoms with Gasteiger partial charge in [-0.3, -0.25) is 4.79 Å². The SMILES string of the molecule is COc1cc2[nH]c(C(=O)NCCc3noc4ccccc34)cc2c(F)c1F. The van der Waals surface area contributed by atoms with Gasteiger partial charge in [0.1, 0.15) is 5.69 Å². The smallest absolute Gasteiger partial charge is 0.267 e. The van der Waals surface area contributed by atoms with Crippen molar-refractivity contribution < 1.29 is 22.8 Å². The molecule has 0 fully saturated rings. The molecule has 0 bridgehead atoms. The van der Waals surface area contributed by atoms with Crippen LogP contribution in [0.25, 0.3) is 21.9 Å². The summed E-state index contributed by atoms with van der Waals surface area (Å²) in [5, 5.41) is 7.60. The predicted molar refractivity (Wildman–Crippen MR) is 94.8 cm³/mol. The molecule has 0 aliphatic heterocycles. The first kappa shape index (κ1) is 17.0. The van der Waals surface area contributed by atoms with Crippen molar-refractivity contribution in [1.82, 2.24) is 15.5 Å². The zero-order valence-corrected chi connectivity index (χ0v) is 14.3. The van der Waals surface area contributed by atoms with Gasteiger partial charge in [-0.2, -0.15) is 4.39 Å². The van der Waals surface area contributed by atoms with Gasteiger partial charge in [0.15, 0.2) is 17.1 Å². The summed E-state index contributed by atoms with van der Waals surface area (Å²) in [4.78, 5) is 15.1. The van der Waals surface area contributed by atoms with Gasteiger partial charge in [-0.1, -0.05) is 17.3 Å². The Hall–Kier alpha value is -3.42. The third-order valence-electron chi connectivity index (χ3n) is 4.33. The maximum atomic E-state index is 14.1. The second-order valence-corrected chi connectivity index (χ2v) is 5.98. The standard InChI is InChI=1S/C19H15F2N3O3/c1-26-16-9-13-11(17(20)18(16)21)8-14(23-13)19(25)22-7-6-12-10-4-2-3-5-15(10)27-24-12/h2-5,8-9,23H,6-7H2,1H3,(H,22,25). The van der Waals surface area contributed by atoms with Gasteiger partial charge >= 0.3 is 0 Å². The van der Waals surface area contributed by atoms with Crippen molar-refractivity contribution in [3.8, 4) is 5.75 Å². The number of methoxy groups -OCH3 is 1. The van der Waals surface area contributed by atoms with Gasteiger partial charge in [0.25, 0.3) is 5.91 Å². The number of para-hydroxylation sites is 1. The van der Waals surface area contributed by atoms with Gasteiger partial charge in [-0.15, -0.1) is 0 Å². The lowest BCUT2D eigenvalue weighted by Crippen LogP contribution is -2.26. The third-order valence-corrected chi connectivity index (χ3v) is 4.33. The van der Waals surface area contributed by atoms with Crippen molar-refractivity contribution in [2.24, 2.45) is 0 Å². The van der Waals surface area contributed by atoms with E-state index in [0.717, 1.165) is 11.1 Å². The lowest BCUT2D eigenvalue weighted by molar-refractivity contribution is 0.0950. The summed E-state index contributed by atoms with van der Waals surface area (Å²) in [6.45, 7) is 0.310. The number of nitrogens with one attached hydrogen (secondary N) is 2. The zero-order valence-electron chi connectivity index (χ0n) is 14.3. The van der Waals surface area contributed by atoms with Crippen LogP contribution in [-0.2, 0) is 6.42 Å². The monoisotopic (exact) mass is 371 g/mol. The summed E-state index contributed by atoms with van der Waals surface area (Å²) in [7, 11) is 1.24. The van der Waals surface area contributed by atoms with E-state index in [-0.39, 0.29) is 22.3 Å². The van der Waals surface area contributed by atoms with Crippen LogP contribution in [0.15, 0.2) is 40.9 Å². The summed E-state index contributed by atoms with van der Waals surface area (Å²) in [5.41, 5.74) is 1.82.